The smallest absolute Gasteiger partial charge is 0.251 e. The van der Waals surface area contributed by atoms with Gasteiger partial charge in [0.2, 0.25) is 0 Å². The highest BCUT2D eigenvalue weighted by Crippen LogP contribution is 2.21. The number of benzene rings is 2. The molecule has 4 heteroatoms. The van der Waals surface area contributed by atoms with Gasteiger partial charge in [-0.1, -0.05) is 25.1 Å². The summed E-state index contributed by atoms with van der Waals surface area (Å²) in [5.74, 6) is 0.783. The number of aromatic amines is 1. The summed E-state index contributed by atoms with van der Waals surface area (Å²) in [7, 11) is 0. The molecule has 0 aliphatic heterocycles. The van der Waals surface area contributed by atoms with Crippen molar-refractivity contribution in [2.75, 3.05) is 0 Å². The summed E-state index contributed by atoms with van der Waals surface area (Å²) in [6.07, 6.45) is 0.919. The van der Waals surface area contributed by atoms with Gasteiger partial charge in [0.1, 0.15) is 5.82 Å². The number of nitrogens with one attached hydrogen (secondary N) is 2. The van der Waals surface area contributed by atoms with Gasteiger partial charge in [0.15, 0.2) is 0 Å². The number of nitrogens with zero attached hydrogens (tertiary/aromatic N) is 1. The van der Waals surface area contributed by atoms with E-state index in [4.69, 9.17) is 0 Å². The molecule has 0 fully saturated rings. The maximum Gasteiger partial charge on any atom is 0.251 e. The fourth-order valence-electron chi connectivity index (χ4n) is 2.45. The lowest BCUT2D eigenvalue weighted by molar-refractivity contribution is 0.0939. The first kappa shape index (κ1) is 15.3. The second kappa shape index (κ2) is 6.24. The summed E-state index contributed by atoms with van der Waals surface area (Å²) in [5.41, 5.74) is 4.81. The SMILES string of the molecule is CC[C@@H](C)NC(=O)c1ccc(-c2nc3ccc(C)cc3[nH]2)cc1. The maximum atomic E-state index is 12.1. The third-order valence-electron chi connectivity index (χ3n) is 4.05. The molecular weight excluding hydrogens is 286 g/mol. The number of fused-ring (bicyclic) bond motifs is 1. The van der Waals surface area contributed by atoms with E-state index in [9.17, 15) is 4.79 Å². The second-order valence-electron chi connectivity index (χ2n) is 5.97. The van der Waals surface area contributed by atoms with E-state index in [2.05, 4.69) is 41.3 Å². The molecule has 0 saturated heterocycles. The summed E-state index contributed by atoms with van der Waals surface area (Å²) in [5, 5.41) is 2.97. The normalized spacial score (nSPS) is 12.3. The van der Waals surface area contributed by atoms with Crippen LogP contribution in [0.1, 0.15) is 36.2 Å². The Morgan fingerprint density at radius 2 is 1.96 bits per heavy atom. The van der Waals surface area contributed by atoms with E-state index in [1.807, 2.05) is 37.3 Å². The van der Waals surface area contributed by atoms with Gasteiger partial charge >= 0.3 is 0 Å². The van der Waals surface area contributed by atoms with Crippen molar-refractivity contribution < 1.29 is 4.79 Å². The summed E-state index contributed by atoms with van der Waals surface area (Å²) in [4.78, 5) is 20.0. The Hall–Kier alpha value is -2.62. The van der Waals surface area contributed by atoms with Crippen LogP contribution in [0, 0.1) is 6.92 Å². The average molecular weight is 307 g/mol. The number of carbonyl (C=O) groups is 1. The number of imidazole rings is 1. The molecule has 23 heavy (non-hydrogen) atoms. The van der Waals surface area contributed by atoms with E-state index in [0.29, 0.717) is 5.56 Å². The van der Waals surface area contributed by atoms with Crippen LogP contribution in [-0.4, -0.2) is 21.9 Å². The van der Waals surface area contributed by atoms with Crippen molar-refractivity contribution >= 4 is 16.9 Å². The van der Waals surface area contributed by atoms with Crippen LogP contribution >= 0.6 is 0 Å². The fraction of sp³-hybridized carbons (Fsp3) is 0.263. The molecule has 0 radical (unpaired) electrons. The second-order valence-corrected chi connectivity index (χ2v) is 5.97. The zero-order valence-corrected chi connectivity index (χ0v) is 13.7. The van der Waals surface area contributed by atoms with Gasteiger partial charge in [0.05, 0.1) is 11.0 Å². The lowest BCUT2D eigenvalue weighted by Gasteiger charge is -2.11. The topological polar surface area (TPSA) is 57.8 Å². The molecule has 2 aromatic carbocycles. The Bertz CT molecular complexity index is 833. The molecule has 2 N–H and O–H groups in total. The van der Waals surface area contributed by atoms with Crippen LogP contribution in [0.5, 0.6) is 0 Å². The summed E-state index contributed by atoms with van der Waals surface area (Å²) in [6.45, 7) is 6.12. The zero-order valence-electron chi connectivity index (χ0n) is 13.7. The van der Waals surface area contributed by atoms with Crippen molar-refractivity contribution in [3.63, 3.8) is 0 Å². The Morgan fingerprint density at radius 1 is 1.22 bits per heavy atom. The first-order chi connectivity index (χ1) is 11.1. The molecule has 0 bridgehead atoms. The van der Waals surface area contributed by atoms with Crippen molar-refractivity contribution in [1.82, 2.24) is 15.3 Å². The molecule has 0 aliphatic carbocycles. The van der Waals surface area contributed by atoms with E-state index in [1.165, 1.54) is 5.56 Å². The summed E-state index contributed by atoms with van der Waals surface area (Å²) >= 11 is 0. The van der Waals surface area contributed by atoms with Crippen molar-refractivity contribution in [1.29, 1.82) is 0 Å². The predicted molar refractivity (Wildman–Crippen MR) is 93.5 cm³/mol. The van der Waals surface area contributed by atoms with E-state index < -0.39 is 0 Å². The number of hydrogen-bond donors (Lipinski definition) is 2. The van der Waals surface area contributed by atoms with Crippen LogP contribution in [0.4, 0.5) is 0 Å². The molecule has 0 spiro atoms. The largest absolute Gasteiger partial charge is 0.350 e. The van der Waals surface area contributed by atoms with Gasteiger partial charge in [-0.05, 0) is 50.1 Å². The van der Waals surface area contributed by atoms with Crippen LogP contribution in [-0.2, 0) is 0 Å². The lowest BCUT2D eigenvalue weighted by Crippen LogP contribution is -2.31. The van der Waals surface area contributed by atoms with Gasteiger partial charge in [-0.25, -0.2) is 4.98 Å². The summed E-state index contributed by atoms with van der Waals surface area (Å²) in [6, 6.07) is 13.9. The van der Waals surface area contributed by atoms with Crippen molar-refractivity contribution in [2.45, 2.75) is 33.2 Å². The maximum absolute atomic E-state index is 12.1. The predicted octanol–water partition coefficient (Wildman–Crippen LogP) is 4.07. The van der Waals surface area contributed by atoms with Crippen LogP contribution < -0.4 is 5.32 Å². The monoisotopic (exact) mass is 307 g/mol. The molecule has 0 unspecified atom stereocenters. The van der Waals surface area contributed by atoms with E-state index in [-0.39, 0.29) is 11.9 Å². The van der Waals surface area contributed by atoms with Crippen LogP contribution in [0.2, 0.25) is 0 Å². The molecule has 3 aromatic rings. The lowest BCUT2D eigenvalue weighted by atomic mass is 10.1. The quantitative estimate of drug-likeness (QED) is 0.763. The van der Waals surface area contributed by atoms with Crippen LogP contribution in [0.15, 0.2) is 42.5 Å². The first-order valence-corrected chi connectivity index (χ1v) is 7.94. The van der Waals surface area contributed by atoms with Crippen molar-refractivity contribution in [3.05, 3.63) is 53.6 Å². The molecule has 118 valence electrons. The third kappa shape index (κ3) is 3.26. The van der Waals surface area contributed by atoms with Gasteiger partial charge in [0, 0.05) is 17.2 Å². The molecule has 1 aromatic heterocycles. The Labute approximate surface area is 136 Å². The molecule has 1 heterocycles. The molecule has 4 nitrogen and oxygen atoms in total. The number of carbonyl (C=O) groups excluding carboxylic acids is 1. The van der Waals surface area contributed by atoms with Gasteiger partial charge in [0.25, 0.3) is 5.91 Å². The Balaban J connectivity index is 1.84. The van der Waals surface area contributed by atoms with Crippen molar-refractivity contribution in [2.24, 2.45) is 0 Å². The van der Waals surface area contributed by atoms with E-state index in [1.54, 1.807) is 0 Å². The van der Waals surface area contributed by atoms with Gasteiger partial charge < -0.3 is 10.3 Å². The highest BCUT2D eigenvalue weighted by molar-refractivity contribution is 5.94. The van der Waals surface area contributed by atoms with Gasteiger partial charge in [-0.15, -0.1) is 0 Å². The van der Waals surface area contributed by atoms with Gasteiger partial charge in [-0.3, -0.25) is 4.79 Å². The number of H-pyrrole nitrogens is 1. The Morgan fingerprint density at radius 3 is 2.65 bits per heavy atom. The minimum atomic E-state index is -0.0360. The average Bonchev–Trinajstić information content (AvgIpc) is 2.97. The summed E-state index contributed by atoms with van der Waals surface area (Å²) < 4.78 is 0. The van der Waals surface area contributed by atoms with Gasteiger partial charge in [-0.2, -0.15) is 0 Å². The minimum absolute atomic E-state index is 0.0360. The molecular formula is C19H21N3O. The number of hydrogen-bond acceptors (Lipinski definition) is 2. The van der Waals surface area contributed by atoms with E-state index >= 15 is 0 Å². The molecule has 0 aliphatic rings. The number of aromatic nitrogens is 2. The highest BCUT2D eigenvalue weighted by atomic mass is 16.1. The number of amides is 1. The van der Waals surface area contributed by atoms with E-state index in [0.717, 1.165) is 28.8 Å². The third-order valence-corrected chi connectivity index (χ3v) is 4.05. The molecule has 3 rings (SSSR count). The molecule has 1 amide bonds. The highest BCUT2D eigenvalue weighted by Gasteiger charge is 2.10. The molecule has 1 atom stereocenters. The molecule has 0 saturated carbocycles. The fourth-order valence-corrected chi connectivity index (χ4v) is 2.45. The first-order valence-electron chi connectivity index (χ1n) is 7.94. The van der Waals surface area contributed by atoms with Crippen molar-refractivity contribution in [3.8, 4) is 11.4 Å². The van der Waals surface area contributed by atoms with Crippen LogP contribution in [0.3, 0.4) is 0 Å². The standard InChI is InChI=1S/C19H21N3O/c1-4-13(3)20-19(23)15-8-6-14(7-9-15)18-21-16-10-5-12(2)11-17(16)22-18/h5-11,13H,4H2,1-3H3,(H,20,23)(H,21,22)/t13-/m1/s1. The zero-order chi connectivity index (χ0) is 16.4. The number of aryl methyl sites for hydroxylation is 1. The number of rotatable bonds is 4. The Kier molecular flexibility index (Phi) is 4.15. The minimum Gasteiger partial charge on any atom is -0.350 e. The van der Waals surface area contributed by atoms with Crippen LogP contribution in [0.25, 0.3) is 22.4 Å².